The van der Waals surface area contributed by atoms with E-state index in [1.807, 2.05) is 13.2 Å². The molecule has 0 amide bonds. The molecule has 0 aliphatic carbocycles. The summed E-state index contributed by atoms with van der Waals surface area (Å²) in [4.78, 5) is 10.2. The summed E-state index contributed by atoms with van der Waals surface area (Å²) in [6.07, 6.45) is 1.94. The number of morpholine rings is 1. The van der Waals surface area contributed by atoms with Gasteiger partial charge in [0.25, 0.3) is 0 Å². The molecule has 1 heterocycles. The minimum atomic E-state index is -0.0553. The summed E-state index contributed by atoms with van der Waals surface area (Å²) in [5.74, 6) is -0.0553. The highest BCUT2D eigenvalue weighted by Crippen LogP contribution is 2.02. The van der Waals surface area contributed by atoms with Gasteiger partial charge in [-0.15, -0.1) is 0 Å². The molecule has 3 heteroatoms. The summed E-state index contributed by atoms with van der Waals surface area (Å²) in [7, 11) is 0. The van der Waals surface area contributed by atoms with E-state index in [-0.39, 0.29) is 12.0 Å². The standard InChI is InChI=1S/C7H12NO2/c1-6(4-9)7-5-10-3-2-8-7/h6-8H,2-3,5H2,1H3. The summed E-state index contributed by atoms with van der Waals surface area (Å²) < 4.78 is 5.16. The fourth-order valence-electron chi connectivity index (χ4n) is 0.989. The third-order valence-corrected chi connectivity index (χ3v) is 1.74. The summed E-state index contributed by atoms with van der Waals surface area (Å²) >= 11 is 0. The van der Waals surface area contributed by atoms with Crippen LogP contribution in [0.2, 0.25) is 0 Å². The number of hydrogen-bond donors (Lipinski definition) is 1. The molecule has 1 fully saturated rings. The van der Waals surface area contributed by atoms with Crippen molar-refractivity contribution in [2.24, 2.45) is 5.92 Å². The second-order valence-electron chi connectivity index (χ2n) is 2.54. The highest BCUT2D eigenvalue weighted by atomic mass is 16.5. The van der Waals surface area contributed by atoms with E-state index in [0.29, 0.717) is 6.61 Å². The van der Waals surface area contributed by atoms with Gasteiger partial charge in [0.1, 0.15) is 0 Å². The molecular weight excluding hydrogens is 130 g/mol. The molecule has 0 spiro atoms. The molecule has 1 saturated heterocycles. The lowest BCUT2D eigenvalue weighted by atomic mass is 10.0. The van der Waals surface area contributed by atoms with Crippen LogP contribution in [-0.2, 0) is 9.53 Å². The molecular formula is C7H12NO2. The summed E-state index contributed by atoms with van der Waals surface area (Å²) in [5, 5.41) is 3.18. The highest BCUT2D eigenvalue weighted by Gasteiger charge is 2.19. The quantitative estimate of drug-likeness (QED) is 0.576. The topological polar surface area (TPSA) is 38.3 Å². The molecule has 0 bridgehead atoms. The van der Waals surface area contributed by atoms with Crippen LogP contribution in [0.25, 0.3) is 0 Å². The van der Waals surface area contributed by atoms with Crippen LogP contribution in [0.15, 0.2) is 0 Å². The minimum Gasteiger partial charge on any atom is -0.378 e. The maximum Gasteiger partial charge on any atom is 0.203 e. The van der Waals surface area contributed by atoms with Gasteiger partial charge in [0.15, 0.2) is 0 Å². The second kappa shape index (κ2) is 3.68. The van der Waals surface area contributed by atoms with Gasteiger partial charge >= 0.3 is 0 Å². The first kappa shape index (κ1) is 7.69. The number of ether oxygens (including phenoxy) is 1. The second-order valence-corrected chi connectivity index (χ2v) is 2.54. The van der Waals surface area contributed by atoms with E-state index in [4.69, 9.17) is 4.74 Å². The van der Waals surface area contributed by atoms with Crippen molar-refractivity contribution < 1.29 is 9.53 Å². The van der Waals surface area contributed by atoms with E-state index < -0.39 is 0 Å². The molecule has 1 rings (SSSR count). The van der Waals surface area contributed by atoms with E-state index in [1.54, 1.807) is 0 Å². The van der Waals surface area contributed by atoms with Crippen molar-refractivity contribution in [3.05, 3.63) is 0 Å². The molecule has 2 unspecified atom stereocenters. The highest BCUT2D eigenvalue weighted by molar-refractivity contribution is 5.55. The first-order valence-electron chi connectivity index (χ1n) is 3.53. The smallest absolute Gasteiger partial charge is 0.203 e. The van der Waals surface area contributed by atoms with Crippen molar-refractivity contribution in [1.29, 1.82) is 0 Å². The van der Waals surface area contributed by atoms with E-state index in [2.05, 4.69) is 5.32 Å². The summed E-state index contributed by atoms with van der Waals surface area (Å²) in [6, 6.07) is 0.172. The Hall–Kier alpha value is -0.410. The first-order chi connectivity index (χ1) is 4.84. The fraction of sp³-hybridized carbons (Fsp3) is 0.857. The van der Waals surface area contributed by atoms with Gasteiger partial charge in [0.2, 0.25) is 6.29 Å². The zero-order valence-corrected chi connectivity index (χ0v) is 6.09. The molecule has 0 aromatic heterocycles. The fourth-order valence-corrected chi connectivity index (χ4v) is 0.989. The monoisotopic (exact) mass is 142 g/mol. The van der Waals surface area contributed by atoms with E-state index in [1.165, 1.54) is 0 Å². The third kappa shape index (κ3) is 1.78. The van der Waals surface area contributed by atoms with Gasteiger partial charge in [-0.05, 0) is 0 Å². The lowest BCUT2D eigenvalue weighted by Crippen LogP contribution is -2.45. The Bertz CT molecular complexity index is 110. The Kier molecular flexibility index (Phi) is 2.83. The third-order valence-electron chi connectivity index (χ3n) is 1.74. The molecule has 10 heavy (non-hydrogen) atoms. The van der Waals surface area contributed by atoms with Crippen molar-refractivity contribution in [3.8, 4) is 0 Å². The van der Waals surface area contributed by atoms with Gasteiger partial charge < -0.3 is 10.1 Å². The Labute approximate surface area is 60.7 Å². The maximum absolute atomic E-state index is 10.2. The van der Waals surface area contributed by atoms with Crippen molar-refractivity contribution in [2.45, 2.75) is 13.0 Å². The van der Waals surface area contributed by atoms with Crippen LogP contribution >= 0.6 is 0 Å². The Morgan fingerprint density at radius 2 is 2.60 bits per heavy atom. The molecule has 1 N–H and O–H groups in total. The van der Waals surface area contributed by atoms with Gasteiger partial charge in [-0.1, -0.05) is 6.92 Å². The number of nitrogens with one attached hydrogen (secondary N) is 1. The predicted molar refractivity (Wildman–Crippen MR) is 37.5 cm³/mol. The Balaban J connectivity index is 2.30. The largest absolute Gasteiger partial charge is 0.378 e. The molecule has 57 valence electrons. The van der Waals surface area contributed by atoms with Gasteiger partial charge in [-0.2, -0.15) is 0 Å². The van der Waals surface area contributed by atoms with Crippen LogP contribution in [0, 0.1) is 5.92 Å². The number of hydrogen-bond acceptors (Lipinski definition) is 3. The molecule has 1 aliphatic heterocycles. The lowest BCUT2D eigenvalue weighted by molar-refractivity contribution is 0.0681. The van der Waals surface area contributed by atoms with Crippen LogP contribution in [0.5, 0.6) is 0 Å². The number of rotatable bonds is 2. The van der Waals surface area contributed by atoms with Crippen molar-refractivity contribution in [3.63, 3.8) is 0 Å². The Morgan fingerprint density at radius 3 is 3.10 bits per heavy atom. The molecule has 3 nitrogen and oxygen atoms in total. The molecule has 0 aromatic rings. The van der Waals surface area contributed by atoms with Gasteiger partial charge in [0.05, 0.1) is 13.2 Å². The number of carbonyl (C=O) groups excluding carboxylic acids is 1. The van der Waals surface area contributed by atoms with Crippen LogP contribution in [0.4, 0.5) is 0 Å². The summed E-state index contributed by atoms with van der Waals surface area (Å²) in [5.41, 5.74) is 0. The van der Waals surface area contributed by atoms with Crippen LogP contribution in [0.1, 0.15) is 6.92 Å². The first-order valence-corrected chi connectivity index (χ1v) is 3.53. The average Bonchev–Trinajstić information content (AvgIpc) is 2.05. The SMILES string of the molecule is CC([C]=O)C1COCCN1. The molecule has 0 saturated carbocycles. The molecule has 1 radical (unpaired) electrons. The molecule has 1 aliphatic rings. The predicted octanol–water partition coefficient (Wildman–Crippen LogP) is -0.279. The van der Waals surface area contributed by atoms with Gasteiger partial charge in [-0.3, -0.25) is 4.79 Å². The van der Waals surface area contributed by atoms with Crippen LogP contribution < -0.4 is 5.32 Å². The zero-order valence-electron chi connectivity index (χ0n) is 6.09. The van der Waals surface area contributed by atoms with Gasteiger partial charge in [0, 0.05) is 18.5 Å². The van der Waals surface area contributed by atoms with Crippen molar-refractivity contribution >= 4 is 6.29 Å². The lowest BCUT2D eigenvalue weighted by Gasteiger charge is -2.25. The van der Waals surface area contributed by atoms with E-state index in [9.17, 15) is 4.79 Å². The minimum absolute atomic E-state index is 0.0553. The zero-order chi connectivity index (χ0) is 7.40. The summed E-state index contributed by atoms with van der Waals surface area (Å²) in [6.45, 7) is 4.08. The Morgan fingerprint density at radius 1 is 1.80 bits per heavy atom. The van der Waals surface area contributed by atoms with Gasteiger partial charge in [-0.25, -0.2) is 0 Å². The normalized spacial score (nSPS) is 29.5. The van der Waals surface area contributed by atoms with E-state index >= 15 is 0 Å². The van der Waals surface area contributed by atoms with E-state index in [0.717, 1.165) is 13.2 Å². The molecule has 2 atom stereocenters. The van der Waals surface area contributed by atoms with Crippen molar-refractivity contribution in [2.75, 3.05) is 19.8 Å². The van der Waals surface area contributed by atoms with Crippen molar-refractivity contribution in [1.82, 2.24) is 5.32 Å². The maximum atomic E-state index is 10.2. The molecule has 0 aromatic carbocycles. The van der Waals surface area contributed by atoms with Crippen LogP contribution in [0.3, 0.4) is 0 Å². The van der Waals surface area contributed by atoms with Crippen LogP contribution in [-0.4, -0.2) is 32.1 Å². The average molecular weight is 142 g/mol.